The Morgan fingerprint density at radius 1 is 0.947 bits per heavy atom. The highest BCUT2D eigenvalue weighted by molar-refractivity contribution is 7.99. The molecular formula is C28H38N6O3S. The van der Waals surface area contributed by atoms with Gasteiger partial charge in [0.05, 0.1) is 17.8 Å². The molecule has 2 heterocycles. The van der Waals surface area contributed by atoms with Gasteiger partial charge in [0.15, 0.2) is 0 Å². The summed E-state index contributed by atoms with van der Waals surface area (Å²) in [5.74, 6) is -1.38. The highest BCUT2D eigenvalue weighted by Gasteiger charge is 2.24. The molecule has 0 spiro atoms. The fourth-order valence-electron chi connectivity index (χ4n) is 4.99. The number of para-hydroxylation sites is 1. The van der Waals surface area contributed by atoms with Gasteiger partial charge in [0.25, 0.3) is 0 Å². The molecule has 4 rings (SSSR count). The zero-order valence-electron chi connectivity index (χ0n) is 22.2. The maximum atomic E-state index is 12.4. The van der Waals surface area contributed by atoms with Gasteiger partial charge < -0.3 is 26.2 Å². The van der Waals surface area contributed by atoms with E-state index in [1.807, 2.05) is 11.8 Å². The minimum atomic E-state index is -0.928. The predicted molar refractivity (Wildman–Crippen MR) is 151 cm³/mol. The molecule has 0 unspecified atom stereocenters. The highest BCUT2D eigenvalue weighted by atomic mass is 32.2. The van der Waals surface area contributed by atoms with Gasteiger partial charge in [0.2, 0.25) is 17.7 Å². The summed E-state index contributed by atoms with van der Waals surface area (Å²) in [6, 6.07) is 14.4. The largest absolute Gasteiger partial charge is 0.370 e. The number of nitrogens with two attached hydrogens (primary N) is 1. The first-order valence-electron chi connectivity index (χ1n) is 13.2. The summed E-state index contributed by atoms with van der Waals surface area (Å²) in [4.78, 5) is 44.8. The average Bonchev–Trinajstić information content (AvgIpc) is 2.88. The van der Waals surface area contributed by atoms with Crippen LogP contribution in [0.4, 0.5) is 11.4 Å². The third kappa shape index (κ3) is 7.49. The summed E-state index contributed by atoms with van der Waals surface area (Å²) < 4.78 is 0. The van der Waals surface area contributed by atoms with E-state index in [1.54, 1.807) is 0 Å². The monoisotopic (exact) mass is 538 g/mol. The van der Waals surface area contributed by atoms with E-state index in [0.29, 0.717) is 6.54 Å². The highest BCUT2D eigenvalue weighted by Crippen LogP contribution is 2.48. The number of benzene rings is 2. The lowest BCUT2D eigenvalue weighted by molar-refractivity contribution is -0.130. The van der Waals surface area contributed by atoms with Crippen molar-refractivity contribution in [2.24, 2.45) is 5.73 Å². The van der Waals surface area contributed by atoms with Crippen LogP contribution in [-0.4, -0.2) is 85.9 Å². The zero-order chi connectivity index (χ0) is 27.1. The molecule has 0 saturated carbocycles. The van der Waals surface area contributed by atoms with Crippen molar-refractivity contribution in [2.75, 3.05) is 57.3 Å². The zero-order valence-corrected chi connectivity index (χ0v) is 23.1. The smallest absolute Gasteiger partial charge is 0.243 e. The van der Waals surface area contributed by atoms with Crippen LogP contribution in [0.1, 0.15) is 25.3 Å². The number of carbonyl (C=O) groups is 3. The Kier molecular flexibility index (Phi) is 9.65. The Hall–Kier alpha value is -3.08. The molecule has 0 radical (unpaired) electrons. The van der Waals surface area contributed by atoms with Crippen molar-refractivity contribution >= 4 is 40.9 Å². The molecule has 2 aliphatic heterocycles. The standard InChI is InChI=1S/C28H38N6O3S/c1-20-8-9-26-24(18-20)34(23-6-3-4-7-25(23)38-26)12-5-11-32-14-16-33(17-15-32)13-10-30-28(37)22(19-27(29)36)31-21(2)35/h3-4,6-9,18,22H,5,10-17,19H2,1-2H3,(H2,29,36)(H,30,37)(H,31,35)/t22-/m0/s1. The van der Waals surface area contributed by atoms with Crippen molar-refractivity contribution in [3.05, 3.63) is 48.0 Å². The van der Waals surface area contributed by atoms with E-state index < -0.39 is 11.9 Å². The van der Waals surface area contributed by atoms with Crippen LogP contribution in [0.15, 0.2) is 52.3 Å². The normalized spacial score (nSPS) is 16.3. The molecule has 2 aromatic rings. The van der Waals surface area contributed by atoms with Crippen LogP contribution in [0.5, 0.6) is 0 Å². The van der Waals surface area contributed by atoms with E-state index in [1.165, 1.54) is 33.7 Å². The van der Waals surface area contributed by atoms with Gasteiger partial charge in [0, 0.05) is 62.5 Å². The van der Waals surface area contributed by atoms with Gasteiger partial charge in [-0.05, 0) is 49.7 Å². The van der Waals surface area contributed by atoms with E-state index in [9.17, 15) is 14.4 Å². The third-order valence-corrected chi connectivity index (χ3v) is 8.06. The fraction of sp³-hybridized carbons (Fsp3) is 0.464. The van der Waals surface area contributed by atoms with Crippen LogP contribution in [0.2, 0.25) is 0 Å². The number of carbonyl (C=O) groups excluding carboxylic acids is 3. The van der Waals surface area contributed by atoms with Crippen molar-refractivity contribution in [1.29, 1.82) is 0 Å². The number of fused-ring (bicyclic) bond motifs is 2. The van der Waals surface area contributed by atoms with Crippen molar-refractivity contribution in [3.63, 3.8) is 0 Å². The number of piperazine rings is 1. The molecule has 1 atom stereocenters. The van der Waals surface area contributed by atoms with Crippen LogP contribution in [-0.2, 0) is 14.4 Å². The molecule has 2 aliphatic rings. The molecule has 3 amide bonds. The molecule has 0 bridgehead atoms. The van der Waals surface area contributed by atoms with Crippen LogP contribution < -0.4 is 21.3 Å². The molecule has 38 heavy (non-hydrogen) atoms. The summed E-state index contributed by atoms with van der Waals surface area (Å²) in [6.07, 6.45) is 0.865. The summed E-state index contributed by atoms with van der Waals surface area (Å²) >= 11 is 1.85. The summed E-state index contributed by atoms with van der Waals surface area (Å²) in [6.45, 7) is 10.5. The number of hydrogen-bond acceptors (Lipinski definition) is 7. The molecular weight excluding hydrogens is 500 g/mol. The fourth-order valence-corrected chi connectivity index (χ4v) is 6.06. The third-order valence-electron chi connectivity index (χ3n) is 6.93. The summed E-state index contributed by atoms with van der Waals surface area (Å²) in [5.41, 5.74) is 9.07. The van der Waals surface area contributed by atoms with Crippen molar-refractivity contribution in [1.82, 2.24) is 20.4 Å². The number of aryl methyl sites for hydroxylation is 1. The van der Waals surface area contributed by atoms with Crippen LogP contribution in [0, 0.1) is 6.92 Å². The van der Waals surface area contributed by atoms with E-state index in [-0.39, 0.29) is 18.2 Å². The number of hydrogen-bond donors (Lipinski definition) is 3. The van der Waals surface area contributed by atoms with Gasteiger partial charge in [-0.25, -0.2) is 0 Å². The molecule has 2 aromatic carbocycles. The first-order chi connectivity index (χ1) is 18.3. The molecule has 1 saturated heterocycles. The quantitative estimate of drug-likeness (QED) is 0.402. The second-order valence-corrected chi connectivity index (χ2v) is 11.0. The Morgan fingerprint density at radius 3 is 2.34 bits per heavy atom. The molecule has 4 N–H and O–H groups in total. The molecule has 9 nitrogen and oxygen atoms in total. The van der Waals surface area contributed by atoms with Crippen molar-refractivity contribution in [3.8, 4) is 0 Å². The van der Waals surface area contributed by atoms with Crippen LogP contribution >= 0.6 is 11.8 Å². The Morgan fingerprint density at radius 2 is 1.63 bits per heavy atom. The summed E-state index contributed by atoms with van der Waals surface area (Å²) in [5, 5.41) is 5.30. The Bertz CT molecular complexity index is 1140. The SMILES string of the molecule is CC(=O)N[C@@H](CC(N)=O)C(=O)NCCN1CCN(CCCN2c3ccccc3Sc3ccc(C)cc32)CC1. The molecule has 204 valence electrons. The van der Waals surface area contributed by atoms with Gasteiger partial charge in [-0.3, -0.25) is 19.3 Å². The van der Waals surface area contributed by atoms with Gasteiger partial charge in [-0.2, -0.15) is 0 Å². The topological polar surface area (TPSA) is 111 Å². The minimum Gasteiger partial charge on any atom is -0.370 e. The van der Waals surface area contributed by atoms with Gasteiger partial charge in [-0.15, -0.1) is 0 Å². The molecule has 1 fully saturated rings. The van der Waals surface area contributed by atoms with Crippen LogP contribution in [0.25, 0.3) is 0 Å². The lowest BCUT2D eigenvalue weighted by Crippen LogP contribution is -2.51. The minimum absolute atomic E-state index is 0.211. The average molecular weight is 539 g/mol. The summed E-state index contributed by atoms with van der Waals surface area (Å²) in [7, 11) is 0. The second kappa shape index (κ2) is 13.1. The van der Waals surface area contributed by atoms with Crippen molar-refractivity contribution in [2.45, 2.75) is 42.5 Å². The number of nitrogens with zero attached hydrogens (tertiary/aromatic N) is 3. The lowest BCUT2D eigenvalue weighted by atomic mass is 10.1. The number of anilines is 2. The van der Waals surface area contributed by atoms with Gasteiger partial charge in [-0.1, -0.05) is 30.0 Å². The van der Waals surface area contributed by atoms with Gasteiger partial charge >= 0.3 is 0 Å². The number of primary amides is 1. The number of nitrogens with one attached hydrogen (secondary N) is 2. The van der Waals surface area contributed by atoms with Gasteiger partial charge in [0.1, 0.15) is 6.04 Å². The molecule has 0 aromatic heterocycles. The molecule has 10 heteroatoms. The van der Waals surface area contributed by atoms with E-state index >= 15 is 0 Å². The maximum Gasteiger partial charge on any atom is 0.243 e. The maximum absolute atomic E-state index is 12.4. The van der Waals surface area contributed by atoms with Crippen molar-refractivity contribution < 1.29 is 14.4 Å². The second-order valence-electron chi connectivity index (χ2n) is 9.94. The lowest BCUT2D eigenvalue weighted by Gasteiger charge is -2.36. The van der Waals surface area contributed by atoms with E-state index in [4.69, 9.17) is 5.73 Å². The Labute approximate surface area is 229 Å². The predicted octanol–water partition coefficient (Wildman–Crippen LogP) is 2.10. The number of amides is 3. The first kappa shape index (κ1) is 27.9. The van der Waals surface area contributed by atoms with Crippen LogP contribution in [0.3, 0.4) is 0 Å². The Balaban J connectivity index is 1.20. The first-order valence-corrected chi connectivity index (χ1v) is 14.0. The van der Waals surface area contributed by atoms with E-state index in [2.05, 4.69) is 74.7 Å². The molecule has 0 aliphatic carbocycles. The number of rotatable bonds is 11. The van der Waals surface area contributed by atoms with E-state index in [0.717, 1.165) is 52.2 Å².